The van der Waals surface area contributed by atoms with Crippen molar-refractivity contribution in [1.82, 2.24) is 9.29 Å². The van der Waals surface area contributed by atoms with Gasteiger partial charge in [0.1, 0.15) is 10.6 Å². The van der Waals surface area contributed by atoms with Crippen LogP contribution in [0.15, 0.2) is 53.7 Å². The third-order valence-corrected chi connectivity index (χ3v) is 5.22. The molecule has 0 aliphatic rings. The van der Waals surface area contributed by atoms with Crippen LogP contribution < -0.4 is 4.74 Å². The van der Waals surface area contributed by atoms with E-state index in [1.54, 1.807) is 55.9 Å². The van der Waals surface area contributed by atoms with Gasteiger partial charge in [-0.3, -0.25) is 4.98 Å². The molecule has 1 aromatic carbocycles. The maximum absolute atomic E-state index is 13.0. The number of hydrogen-bond acceptors (Lipinski definition) is 5. The molecular weight excluding hydrogens is 316 g/mol. The fraction of sp³-hybridized carbons (Fsp3) is 0.312. The zero-order valence-corrected chi connectivity index (χ0v) is 14.0. The normalized spacial score (nSPS) is 11.6. The Morgan fingerprint density at radius 2 is 1.78 bits per heavy atom. The van der Waals surface area contributed by atoms with Gasteiger partial charge in [0, 0.05) is 32.6 Å². The largest absolute Gasteiger partial charge is 0.495 e. The molecule has 0 aliphatic carbocycles. The van der Waals surface area contributed by atoms with Crippen molar-refractivity contribution in [2.75, 3.05) is 27.4 Å². The summed E-state index contributed by atoms with van der Waals surface area (Å²) in [5.74, 6) is 0.324. The lowest BCUT2D eigenvalue weighted by Gasteiger charge is -2.23. The van der Waals surface area contributed by atoms with Crippen molar-refractivity contribution in [1.29, 1.82) is 0 Å². The SMILES string of the molecule is COCCN(Cc1ccncc1)S(=O)(=O)c1ccccc1OC. The summed E-state index contributed by atoms with van der Waals surface area (Å²) in [6, 6.07) is 10.2. The summed E-state index contributed by atoms with van der Waals surface area (Å²) < 4.78 is 37.6. The number of methoxy groups -OCH3 is 2. The van der Waals surface area contributed by atoms with Crippen LogP contribution in [0.3, 0.4) is 0 Å². The molecule has 23 heavy (non-hydrogen) atoms. The van der Waals surface area contributed by atoms with Gasteiger partial charge in [0.25, 0.3) is 0 Å². The van der Waals surface area contributed by atoms with Crippen molar-refractivity contribution < 1.29 is 17.9 Å². The number of hydrogen-bond donors (Lipinski definition) is 0. The Kier molecular flexibility index (Phi) is 6.09. The smallest absolute Gasteiger partial charge is 0.247 e. The molecule has 2 rings (SSSR count). The van der Waals surface area contributed by atoms with Crippen molar-refractivity contribution in [3.05, 3.63) is 54.4 Å². The molecule has 0 amide bonds. The fourth-order valence-electron chi connectivity index (χ4n) is 2.14. The standard InChI is InChI=1S/C16H20N2O4S/c1-21-12-11-18(13-14-7-9-17-10-8-14)23(19,20)16-6-4-3-5-15(16)22-2/h3-10H,11-13H2,1-2H3. The highest BCUT2D eigenvalue weighted by molar-refractivity contribution is 7.89. The van der Waals surface area contributed by atoms with E-state index < -0.39 is 10.0 Å². The summed E-state index contributed by atoms with van der Waals surface area (Å²) in [6.07, 6.45) is 3.28. The van der Waals surface area contributed by atoms with E-state index in [4.69, 9.17) is 9.47 Å². The lowest BCUT2D eigenvalue weighted by atomic mass is 10.3. The van der Waals surface area contributed by atoms with Crippen molar-refractivity contribution in [3.8, 4) is 5.75 Å². The molecule has 0 N–H and O–H groups in total. The van der Waals surface area contributed by atoms with E-state index in [2.05, 4.69) is 4.98 Å². The van der Waals surface area contributed by atoms with E-state index in [0.717, 1.165) is 5.56 Å². The Balaban J connectivity index is 2.36. The maximum atomic E-state index is 13.0. The number of pyridine rings is 1. The molecule has 0 saturated heterocycles. The van der Waals surface area contributed by atoms with Crippen LogP contribution in [0.1, 0.15) is 5.56 Å². The minimum Gasteiger partial charge on any atom is -0.495 e. The van der Waals surface area contributed by atoms with Gasteiger partial charge in [-0.1, -0.05) is 12.1 Å². The first kappa shape index (κ1) is 17.4. The van der Waals surface area contributed by atoms with Crippen molar-refractivity contribution in [2.24, 2.45) is 0 Å². The molecule has 7 heteroatoms. The molecule has 0 fully saturated rings. The highest BCUT2D eigenvalue weighted by Gasteiger charge is 2.27. The van der Waals surface area contributed by atoms with Gasteiger partial charge in [-0.05, 0) is 29.8 Å². The summed E-state index contributed by atoms with van der Waals surface area (Å²) in [6.45, 7) is 0.797. The van der Waals surface area contributed by atoms with E-state index in [-0.39, 0.29) is 18.0 Å². The van der Waals surface area contributed by atoms with Gasteiger partial charge in [0.2, 0.25) is 10.0 Å². The first-order valence-electron chi connectivity index (χ1n) is 7.10. The van der Waals surface area contributed by atoms with Gasteiger partial charge in [0.05, 0.1) is 13.7 Å². The topological polar surface area (TPSA) is 68.7 Å². The lowest BCUT2D eigenvalue weighted by molar-refractivity contribution is 0.177. The number of sulfonamides is 1. The molecule has 0 bridgehead atoms. The quantitative estimate of drug-likeness (QED) is 0.737. The second-order valence-corrected chi connectivity index (χ2v) is 6.74. The number of nitrogens with zero attached hydrogens (tertiary/aromatic N) is 2. The zero-order chi connectivity index (χ0) is 16.7. The van der Waals surface area contributed by atoms with Crippen LogP contribution in [0.2, 0.25) is 0 Å². The number of ether oxygens (including phenoxy) is 2. The monoisotopic (exact) mass is 336 g/mol. The summed E-state index contributed by atoms with van der Waals surface area (Å²) >= 11 is 0. The molecule has 1 heterocycles. The predicted molar refractivity (Wildman–Crippen MR) is 86.7 cm³/mol. The number of rotatable bonds is 8. The van der Waals surface area contributed by atoms with Crippen LogP contribution >= 0.6 is 0 Å². The Bertz CT molecular complexity index is 720. The molecule has 0 aliphatic heterocycles. The Morgan fingerprint density at radius 3 is 2.43 bits per heavy atom. The van der Waals surface area contributed by atoms with E-state index in [0.29, 0.717) is 12.4 Å². The van der Waals surface area contributed by atoms with Gasteiger partial charge in [-0.25, -0.2) is 8.42 Å². The van der Waals surface area contributed by atoms with Crippen LogP contribution in [-0.2, 0) is 21.3 Å². The molecule has 2 aromatic rings. The molecule has 6 nitrogen and oxygen atoms in total. The van der Waals surface area contributed by atoms with E-state index in [1.807, 2.05) is 0 Å². The molecule has 0 atom stereocenters. The van der Waals surface area contributed by atoms with E-state index in [1.165, 1.54) is 11.4 Å². The molecule has 0 spiro atoms. The molecule has 0 saturated carbocycles. The first-order chi connectivity index (χ1) is 11.1. The van der Waals surface area contributed by atoms with Gasteiger partial charge < -0.3 is 9.47 Å². The summed E-state index contributed by atoms with van der Waals surface area (Å²) in [5, 5.41) is 0. The highest BCUT2D eigenvalue weighted by atomic mass is 32.2. The van der Waals surface area contributed by atoms with Crippen molar-refractivity contribution >= 4 is 10.0 Å². The second kappa shape index (κ2) is 8.05. The van der Waals surface area contributed by atoms with Crippen LogP contribution in [-0.4, -0.2) is 45.1 Å². The molecule has 0 unspecified atom stereocenters. The predicted octanol–water partition coefficient (Wildman–Crippen LogP) is 1.93. The third kappa shape index (κ3) is 4.28. The molecule has 124 valence electrons. The highest BCUT2D eigenvalue weighted by Crippen LogP contribution is 2.27. The minimum absolute atomic E-state index is 0.146. The Hall–Kier alpha value is -1.96. The number of aromatic nitrogens is 1. The third-order valence-electron chi connectivity index (χ3n) is 3.34. The Morgan fingerprint density at radius 1 is 1.09 bits per heavy atom. The molecule has 0 radical (unpaired) electrons. The van der Waals surface area contributed by atoms with Gasteiger partial charge in [-0.15, -0.1) is 0 Å². The van der Waals surface area contributed by atoms with Crippen LogP contribution in [0.5, 0.6) is 5.75 Å². The number of benzene rings is 1. The first-order valence-corrected chi connectivity index (χ1v) is 8.54. The summed E-state index contributed by atoms with van der Waals surface area (Å²) in [5.41, 5.74) is 0.856. The van der Waals surface area contributed by atoms with Gasteiger partial charge in [-0.2, -0.15) is 4.31 Å². The van der Waals surface area contributed by atoms with Crippen LogP contribution in [0, 0.1) is 0 Å². The van der Waals surface area contributed by atoms with Crippen LogP contribution in [0.4, 0.5) is 0 Å². The second-order valence-electron chi connectivity index (χ2n) is 4.84. The zero-order valence-electron chi connectivity index (χ0n) is 13.2. The Labute approximate surface area is 136 Å². The lowest BCUT2D eigenvalue weighted by Crippen LogP contribution is -2.33. The van der Waals surface area contributed by atoms with E-state index >= 15 is 0 Å². The fourth-order valence-corrected chi connectivity index (χ4v) is 3.71. The molecule has 1 aromatic heterocycles. The summed E-state index contributed by atoms with van der Waals surface area (Å²) in [4.78, 5) is 4.10. The maximum Gasteiger partial charge on any atom is 0.247 e. The number of para-hydroxylation sites is 1. The van der Waals surface area contributed by atoms with Gasteiger partial charge >= 0.3 is 0 Å². The van der Waals surface area contributed by atoms with Gasteiger partial charge in [0.15, 0.2) is 0 Å². The summed E-state index contributed by atoms with van der Waals surface area (Å²) in [7, 11) is -0.709. The van der Waals surface area contributed by atoms with Crippen molar-refractivity contribution in [3.63, 3.8) is 0 Å². The van der Waals surface area contributed by atoms with Crippen molar-refractivity contribution in [2.45, 2.75) is 11.4 Å². The minimum atomic E-state index is -3.71. The van der Waals surface area contributed by atoms with Crippen LogP contribution in [0.25, 0.3) is 0 Å². The molecular formula is C16H20N2O4S. The van der Waals surface area contributed by atoms with E-state index in [9.17, 15) is 8.42 Å². The average Bonchev–Trinajstić information content (AvgIpc) is 2.59. The average molecular weight is 336 g/mol.